The number of alkyl halides is 3. The van der Waals surface area contributed by atoms with E-state index in [4.69, 9.17) is 11.6 Å². The summed E-state index contributed by atoms with van der Waals surface area (Å²) < 4.78 is 41.2. The third-order valence-electron chi connectivity index (χ3n) is 4.14. The molecule has 1 N–H and O–H groups in total. The summed E-state index contributed by atoms with van der Waals surface area (Å²) in [5.41, 5.74) is 1.10. The zero-order chi connectivity index (χ0) is 19.4. The van der Waals surface area contributed by atoms with Crippen LogP contribution in [0, 0.1) is 0 Å². The van der Waals surface area contributed by atoms with Crippen LogP contribution < -0.4 is 10.1 Å². The lowest BCUT2D eigenvalue weighted by Crippen LogP contribution is -2.48. The largest absolute Gasteiger partial charge is 0.468 e. The van der Waals surface area contributed by atoms with Crippen LogP contribution in [-0.2, 0) is 0 Å². The number of carbonyl (C=O) groups excluding carboxylic acids is 1. The minimum Gasteiger partial charge on any atom is -0.468 e. The molecule has 1 fully saturated rings. The molecule has 0 aliphatic carbocycles. The van der Waals surface area contributed by atoms with Gasteiger partial charge in [0.1, 0.15) is 0 Å². The van der Waals surface area contributed by atoms with Gasteiger partial charge in [-0.3, -0.25) is 4.79 Å². The van der Waals surface area contributed by atoms with Crippen molar-refractivity contribution < 1.29 is 22.7 Å². The topological polar surface area (TPSA) is 54.5 Å². The zero-order valence-corrected chi connectivity index (χ0v) is 16.2. The predicted molar refractivity (Wildman–Crippen MR) is 101 cm³/mol. The van der Waals surface area contributed by atoms with Gasteiger partial charge in [-0.1, -0.05) is 29.8 Å². The highest BCUT2D eigenvalue weighted by Crippen LogP contribution is 2.29. The fourth-order valence-electron chi connectivity index (χ4n) is 2.88. The van der Waals surface area contributed by atoms with E-state index in [-0.39, 0.29) is 35.8 Å². The molecule has 5 nitrogen and oxygen atoms in total. The first-order valence-electron chi connectivity index (χ1n) is 8.27. The molecule has 0 bridgehead atoms. The monoisotopic (exact) mass is 435 g/mol. The van der Waals surface area contributed by atoms with Crippen molar-refractivity contribution >= 4 is 29.9 Å². The van der Waals surface area contributed by atoms with E-state index < -0.39 is 12.8 Å². The summed E-state index contributed by atoms with van der Waals surface area (Å²) in [6, 6.07) is 9.72. The van der Waals surface area contributed by atoms with Crippen LogP contribution >= 0.6 is 24.0 Å². The lowest BCUT2D eigenvalue weighted by atomic mass is 10.0. The number of pyridine rings is 1. The lowest BCUT2D eigenvalue weighted by molar-refractivity contribution is -0.154. The summed E-state index contributed by atoms with van der Waals surface area (Å²) in [6.45, 7) is 0.225. The number of rotatable bonds is 4. The molecule has 1 saturated heterocycles. The van der Waals surface area contributed by atoms with Crippen molar-refractivity contribution in [3.8, 4) is 5.88 Å². The van der Waals surface area contributed by atoms with Crippen LogP contribution in [0.2, 0.25) is 5.02 Å². The SMILES string of the molecule is Cl.O=C(c1ccc(OCC(F)(F)F)nc1)N1CCNCC1c1ccccc1Cl. The quantitative estimate of drug-likeness (QED) is 0.791. The summed E-state index contributed by atoms with van der Waals surface area (Å²) >= 11 is 6.28. The number of halogens is 5. The normalized spacial score (nSPS) is 17.0. The summed E-state index contributed by atoms with van der Waals surface area (Å²) in [5.74, 6) is -0.455. The number of piperazine rings is 1. The molecular formula is C18H18Cl2F3N3O2. The molecule has 152 valence electrons. The van der Waals surface area contributed by atoms with Gasteiger partial charge in [0.2, 0.25) is 5.88 Å². The van der Waals surface area contributed by atoms with Gasteiger partial charge in [0.25, 0.3) is 5.91 Å². The van der Waals surface area contributed by atoms with E-state index in [2.05, 4.69) is 15.0 Å². The maximum absolute atomic E-state index is 12.9. The first-order valence-corrected chi connectivity index (χ1v) is 8.64. The van der Waals surface area contributed by atoms with E-state index in [0.717, 1.165) is 5.56 Å². The minimum atomic E-state index is -4.45. The fourth-order valence-corrected chi connectivity index (χ4v) is 3.15. The molecule has 1 aromatic carbocycles. The third kappa shape index (κ3) is 5.50. The van der Waals surface area contributed by atoms with Crippen LogP contribution in [0.1, 0.15) is 22.0 Å². The van der Waals surface area contributed by atoms with Gasteiger partial charge in [-0.25, -0.2) is 4.98 Å². The van der Waals surface area contributed by atoms with Crippen molar-refractivity contribution in [3.05, 3.63) is 58.7 Å². The van der Waals surface area contributed by atoms with E-state index in [1.807, 2.05) is 18.2 Å². The van der Waals surface area contributed by atoms with Crippen molar-refractivity contribution in [1.82, 2.24) is 15.2 Å². The third-order valence-corrected chi connectivity index (χ3v) is 4.48. The Morgan fingerprint density at radius 2 is 2.04 bits per heavy atom. The molecule has 1 aliphatic heterocycles. The molecule has 1 atom stereocenters. The Hall–Kier alpha value is -2.03. The number of amides is 1. The Balaban J connectivity index is 0.00000280. The molecule has 1 aliphatic rings. The summed E-state index contributed by atoms with van der Waals surface area (Å²) in [5, 5.41) is 3.81. The number of nitrogens with one attached hydrogen (secondary N) is 1. The summed E-state index contributed by atoms with van der Waals surface area (Å²) in [7, 11) is 0. The number of hydrogen-bond acceptors (Lipinski definition) is 4. The highest BCUT2D eigenvalue weighted by Gasteiger charge is 2.31. The molecule has 1 amide bonds. The van der Waals surface area contributed by atoms with Crippen molar-refractivity contribution in [2.45, 2.75) is 12.2 Å². The second kappa shape index (κ2) is 9.45. The Kier molecular flexibility index (Phi) is 7.51. The fraction of sp³-hybridized carbons (Fsp3) is 0.333. The van der Waals surface area contributed by atoms with Crippen molar-refractivity contribution in [2.75, 3.05) is 26.2 Å². The van der Waals surface area contributed by atoms with E-state index in [9.17, 15) is 18.0 Å². The van der Waals surface area contributed by atoms with E-state index in [0.29, 0.717) is 24.7 Å². The first kappa shape index (κ1) is 22.3. The van der Waals surface area contributed by atoms with Gasteiger partial charge in [0, 0.05) is 36.9 Å². The Bertz CT molecular complexity index is 803. The maximum atomic E-state index is 12.9. The lowest BCUT2D eigenvalue weighted by Gasteiger charge is -2.37. The smallest absolute Gasteiger partial charge is 0.422 e. The van der Waals surface area contributed by atoms with Gasteiger partial charge >= 0.3 is 6.18 Å². The van der Waals surface area contributed by atoms with Crippen molar-refractivity contribution in [1.29, 1.82) is 0 Å². The number of hydrogen-bond donors (Lipinski definition) is 1. The molecule has 3 rings (SSSR count). The van der Waals surface area contributed by atoms with Crippen LogP contribution in [0.25, 0.3) is 0 Å². The first-order chi connectivity index (χ1) is 12.8. The molecule has 1 unspecified atom stereocenters. The van der Waals surface area contributed by atoms with Crippen LogP contribution in [-0.4, -0.2) is 48.2 Å². The zero-order valence-electron chi connectivity index (χ0n) is 14.6. The van der Waals surface area contributed by atoms with Crippen molar-refractivity contribution in [2.24, 2.45) is 0 Å². The van der Waals surface area contributed by atoms with E-state index >= 15 is 0 Å². The molecule has 0 spiro atoms. The molecule has 2 aromatic rings. The van der Waals surface area contributed by atoms with Gasteiger partial charge in [0.05, 0.1) is 11.6 Å². The second-order valence-electron chi connectivity index (χ2n) is 6.03. The number of aromatic nitrogens is 1. The Morgan fingerprint density at radius 1 is 1.29 bits per heavy atom. The van der Waals surface area contributed by atoms with E-state index in [1.54, 1.807) is 11.0 Å². The molecule has 0 saturated carbocycles. The van der Waals surface area contributed by atoms with Crippen LogP contribution in [0.5, 0.6) is 5.88 Å². The van der Waals surface area contributed by atoms with Gasteiger partial charge in [0.15, 0.2) is 6.61 Å². The van der Waals surface area contributed by atoms with Crippen LogP contribution in [0.4, 0.5) is 13.2 Å². The highest BCUT2D eigenvalue weighted by molar-refractivity contribution is 6.31. The number of benzene rings is 1. The molecule has 28 heavy (non-hydrogen) atoms. The van der Waals surface area contributed by atoms with Gasteiger partial charge in [-0.05, 0) is 17.7 Å². The van der Waals surface area contributed by atoms with Crippen LogP contribution in [0.15, 0.2) is 42.6 Å². The molecule has 0 radical (unpaired) electrons. The number of carbonyl (C=O) groups is 1. The summed E-state index contributed by atoms with van der Waals surface area (Å²) in [4.78, 5) is 18.4. The average molecular weight is 436 g/mol. The highest BCUT2D eigenvalue weighted by atomic mass is 35.5. The maximum Gasteiger partial charge on any atom is 0.422 e. The Morgan fingerprint density at radius 3 is 2.68 bits per heavy atom. The van der Waals surface area contributed by atoms with Gasteiger partial charge < -0.3 is 15.0 Å². The molecule has 10 heteroatoms. The molecule has 2 heterocycles. The minimum absolute atomic E-state index is 0. The second-order valence-corrected chi connectivity index (χ2v) is 6.44. The summed E-state index contributed by atoms with van der Waals surface area (Å²) in [6.07, 6.45) is -3.22. The van der Waals surface area contributed by atoms with E-state index in [1.165, 1.54) is 18.3 Å². The van der Waals surface area contributed by atoms with Gasteiger partial charge in [-0.2, -0.15) is 13.2 Å². The average Bonchev–Trinajstić information content (AvgIpc) is 2.66. The van der Waals surface area contributed by atoms with Crippen LogP contribution in [0.3, 0.4) is 0 Å². The predicted octanol–water partition coefficient (Wildman–Crippen LogP) is 3.88. The Labute approximate surface area is 171 Å². The molecular weight excluding hydrogens is 418 g/mol. The standard InChI is InChI=1S/C18H17ClF3N3O2.ClH/c19-14-4-2-1-3-13(14)15-10-23-7-8-25(15)17(26)12-5-6-16(24-9-12)27-11-18(20,21)22;/h1-6,9,15,23H,7-8,10-11H2;1H. The van der Waals surface area contributed by atoms with Crippen molar-refractivity contribution in [3.63, 3.8) is 0 Å². The molecule has 1 aromatic heterocycles. The number of nitrogens with zero attached hydrogens (tertiary/aromatic N) is 2. The number of ether oxygens (including phenoxy) is 1. The van der Waals surface area contributed by atoms with Gasteiger partial charge in [-0.15, -0.1) is 12.4 Å².